The van der Waals surface area contributed by atoms with Crippen LogP contribution < -0.4 is 0 Å². The summed E-state index contributed by atoms with van der Waals surface area (Å²) in [5.74, 6) is 0.956. The van der Waals surface area contributed by atoms with Gasteiger partial charge in [0.05, 0.1) is 5.56 Å². The number of nitrogens with zero attached hydrogens (tertiary/aromatic N) is 3. The van der Waals surface area contributed by atoms with Crippen LogP contribution in [0, 0.1) is 12.7 Å². The number of aryl methyl sites for hydroxylation is 1. The van der Waals surface area contributed by atoms with Crippen LogP contribution in [-0.4, -0.2) is 39.1 Å². The predicted octanol–water partition coefficient (Wildman–Crippen LogP) is 2.93. The Morgan fingerprint density at radius 2 is 2.14 bits per heavy atom. The number of amides is 1. The van der Waals surface area contributed by atoms with Gasteiger partial charge in [-0.3, -0.25) is 9.89 Å². The van der Waals surface area contributed by atoms with Crippen molar-refractivity contribution in [2.45, 2.75) is 25.7 Å². The van der Waals surface area contributed by atoms with Gasteiger partial charge in [-0.05, 0) is 38.0 Å². The van der Waals surface area contributed by atoms with Gasteiger partial charge < -0.3 is 4.90 Å². The molecule has 1 N–H and O–H groups in total. The first-order valence-electron chi connectivity index (χ1n) is 7.18. The number of likely N-dealkylation sites (tertiary alicyclic amines) is 1. The number of hydrogen-bond acceptors (Lipinski definition) is 3. The second-order valence-electron chi connectivity index (χ2n) is 5.47. The number of H-pyrrole nitrogens is 1. The van der Waals surface area contributed by atoms with Gasteiger partial charge >= 0.3 is 0 Å². The number of carbonyl (C=O) groups excluding carboxylic acids is 1. The lowest BCUT2D eigenvalue weighted by Crippen LogP contribution is -2.38. The molecule has 0 bridgehead atoms. The minimum Gasteiger partial charge on any atom is -0.339 e. The smallest absolute Gasteiger partial charge is 0.256 e. The molecule has 7 heteroatoms. The van der Waals surface area contributed by atoms with E-state index in [2.05, 4.69) is 15.2 Å². The third kappa shape index (κ3) is 2.97. The normalized spacial score (nSPS) is 16.0. The molecule has 1 aromatic heterocycles. The first-order chi connectivity index (χ1) is 10.5. The standard InChI is InChI=1S/C15H16ClFN4O/c1-9-18-14(20-19-9)10-4-6-21(7-5-10)15(22)12-8-11(16)2-3-13(12)17/h2-3,8,10H,4-7H2,1H3,(H,18,19,20). The van der Waals surface area contributed by atoms with Crippen molar-refractivity contribution >= 4 is 17.5 Å². The molecule has 1 amide bonds. The van der Waals surface area contributed by atoms with Crippen molar-refractivity contribution in [3.63, 3.8) is 0 Å². The van der Waals surface area contributed by atoms with Crippen molar-refractivity contribution in [2.75, 3.05) is 13.1 Å². The Kier molecular flexibility index (Phi) is 4.11. The molecule has 1 aliphatic rings. The molecule has 1 aliphatic heterocycles. The molecule has 0 radical (unpaired) electrons. The van der Waals surface area contributed by atoms with Crippen molar-refractivity contribution < 1.29 is 9.18 Å². The molecular formula is C15H16ClFN4O. The van der Waals surface area contributed by atoms with Crippen LogP contribution in [0.4, 0.5) is 4.39 Å². The molecule has 1 saturated heterocycles. The number of aromatic nitrogens is 3. The third-order valence-corrected chi connectivity index (χ3v) is 4.16. The van der Waals surface area contributed by atoms with E-state index in [1.165, 1.54) is 18.2 Å². The van der Waals surface area contributed by atoms with Crippen LogP contribution in [0.25, 0.3) is 0 Å². The highest BCUT2D eigenvalue weighted by atomic mass is 35.5. The number of hydrogen-bond donors (Lipinski definition) is 1. The van der Waals surface area contributed by atoms with Crippen LogP contribution in [0.1, 0.15) is 40.8 Å². The lowest BCUT2D eigenvalue weighted by Gasteiger charge is -2.31. The van der Waals surface area contributed by atoms with E-state index in [1.54, 1.807) is 4.90 Å². The fourth-order valence-corrected chi connectivity index (χ4v) is 2.89. The zero-order valence-electron chi connectivity index (χ0n) is 12.1. The minimum atomic E-state index is -0.541. The summed E-state index contributed by atoms with van der Waals surface area (Å²) in [6, 6.07) is 4.04. The zero-order chi connectivity index (χ0) is 15.7. The van der Waals surface area contributed by atoms with Gasteiger partial charge in [0.15, 0.2) is 5.82 Å². The molecule has 0 aliphatic carbocycles. The SMILES string of the molecule is Cc1nc(C2CCN(C(=O)c3cc(Cl)ccc3F)CC2)n[nH]1. The van der Waals surface area contributed by atoms with E-state index in [0.29, 0.717) is 18.1 Å². The van der Waals surface area contributed by atoms with Crippen LogP contribution >= 0.6 is 11.6 Å². The first-order valence-corrected chi connectivity index (χ1v) is 7.55. The minimum absolute atomic E-state index is 0.0275. The fourth-order valence-electron chi connectivity index (χ4n) is 2.72. The molecule has 1 aromatic carbocycles. The summed E-state index contributed by atoms with van der Waals surface area (Å²) >= 11 is 5.85. The molecule has 0 saturated carbocycles. The van der Waals surface area contributed by atoms with Crippen LogP contribution in [-0.2, 0) is 0 Å². The summed E-state index contributed by atoms with van der Waals surface area (Å²) in [4.78, 5) is 18.4. The Morgan fingerprint density at radius 1 is 1.41 bits per heavy atom. The lowest BCUT2D eigenvalue weighted by atomic mass is 9.95. The van der Waals surface area contributed by atoms with E-state index in [0.717, 1.165) is 24.5 Å². The van der Waals surface area contributed by atoms with Crippen molar-refractivity contribution in [2.24, 2.45) is 0 Å². The molecule has 2 heterocycles. The van der Waals surface area contributed by atoms with Gasteiger partial charge in [-0.25, -0.2) is 9.37 Å². The Bertz CT molecular complexity index is 695. The monoisotopic (exact) mass is 322 g/mol. The average molecular weight is 323 g/mol. The van der Waals surface area contributed by atoms with Gasteiger partial charge in [0, 0.05) is 24.0 Å². The van der Waals surface area contributed by atoms with Gasteiger partial charge in [-0.15, -0.1) is 0 Å². The van der Waals surface area contributed by atoms with E-state index in [1.807, 2.05) is 6.92 Å². The van der Waals surface area contributed by atoms with E-state index in [4.69, 9.17) is 11.6 Å². The van der Waals surface area contributed by atoms with Crippen LogP contribution in [0.3, 0.4) is 0 Å². The number of aromatic amines is 1. The number of benzene rings is 1. The van der Waals surface area contributed by atoms with Crippen molar-refractivity contribution in [3.05, 3.63) is 46.3 Å². The highest BCUT2D eigenvalue weighted by Gasteiger charge is 2.27. The summed E-state index contributed by atoms with van der Waals surface area (Å²) in [7, 11) is 0. The Labute approximate surface area is 132 Å². The third-order valence-electron chi connectivity index (χ3n) is 3.92. The Hall–Kier alpha value is -1.95. The largest absolute Gasteiger partial charge is 0.339 e. The quantitative estimate of drug-likeness (QED) is 0.924. The van der Waals surface area contributed by atoms with Gasteiger partial charge in [0.1, 0.15) is 11.6 Å². The molecule has 22 heavy (non-hydrogen) atoms. The molecule has 3 rings (SSSR count). The summed E-state index contributed by atoms with van der Waals surface area (Å²) in [5.41, 5.74) is 0.0275. The van der Waals surface area contributed by atoms with E-state index >= 15 is 0 Å². The van der Waals surface area contributed by atoms with Gasteiger partial charge in [-0.2, -0.15) is 5.10 Å². The summed E-state index contributed by atoms with van der Waals surface area (Å²) in [6.45, 7) is 2.98. The summed E-state index contributed by atoms with van der Waals surface area (Å²) < 4.78 is 13.8. The Balaban J connectivity index is 1.68. The highest BCUT2D eigenvalue weighted by Crippen LogP contribution is 2.27. The van der Waals surface area contributed by atoms with E-state index in [-0.39, 0.29) is 17.4 Å². The molecular weight excluding hydrogens is 307 g/mol. The maximum Gasteiger partial charge on any atom is 0.256 e. The Morgan fingerprint density at radius 3 is 2.77 bits per heavy atom. The number of nitrogens with one attached hydrogen (secondary N) is 1. The molecule has 0 atom stereocenters. The lowest BCUT2D eigenvalue weighted by molar-refractivity contribution is 0.0706. The molecule has 1 fully saturated rings. The topological polar surface area (TPSA) is 61.9 Å². The van der Waals surface area contributed by atoms with Gasteiger partial charge in [0.25, 0.3) is 5.91 Å². The predicted molar refractivity (Wildman–Crippen MR) is 80.4 cm³/mol. The van der Waals surface area contributed by atoms with E-state index in [9.17, 15) is 9.18 Å². The van der Waals surface area contributed by atoms with Crippen LogP contribution in [0.5, 0.6) is 0 Å². The van der Waals surface area contributed by atoms with Crippen LogP contribution in [0.2, 0.25) is 5.02 Å². The summed E-state index contributed by atoms with van der Waals surface area (Å²) in [6.07, 6.45) is 1.54. The maximum atomic E-state index is 13.8. The highest BCUT2D eigenvalue weighted by molar-refractivity contribution is 6.31. The van der Waals surface area contributed by atoms with Crippen LogP contribution in [0.15, 0.2) is 18.2 Å². The maximum absolute atomic E-state index is 13.8. The van der Waals surface area contributed by atoms with Crippen molar-refractivity contribution in [1.82, 2.24) is 20.1 Å². The zero-order valence-corrected chi connectivity index (χ0v) is 12.9. The number of piperidine rings is 1. The molecule has 0 spiro atoms. The van der Waals surface area contributed by atoms with Crippen molar-refractivity contribution in [1.29, 1.82) is 0 Å². The number of halogens is 2. The van der Waals surface area contributed by atoms with Gasteiger partial charge in [-0.1, -0.05) is 11.6 Å². The second-order valence-corrected chi connectivity index (χ2v) is 5.91. The fraction of sp³-hybridized carbons (Fsp3) is 0.400. The molecule has 5 nitrogen and oxygen atoms in total. The number of rotatable bonds is 2. The van der Waals surface area contributed by atoms with E-state index < -0.39 is 5.82 Å². The van der Waals surface area contributed by atoms with Crippen molar-refractivity contribution in [3.8, 4) is 0 Å². The summed E-state index contributed by atoms with van der Waals surface area (Å²) in [5, 5.41) is 7.37. The second kappa shape index (κ2) is 6.04. The first kappa shape index (κ1) is 15.0. The average Bonchev–Trinajstić information content (AvgIpc) is 2.96. The molecule has 0 unspecified atom stereocenters. The van der Waals surface area contributed by atoms with Gasteiger partial charge in [0.2, 0.25) is 0 Å². The molecule has 116 valence electrons. The number of carbonyl (C=O) groups is 1. The molecule has 2 aromatic rings.